The Balaban J connectivity index is 1.18. The summed E-state index contributed by atoms with van der Waals surface area (Å²) in [6.45, 7) is 30.0. The van der Waals surface area contributed by atoms with Crippen LogP contribution in [-0.2, 0) is 38.9 Å². The molecule has 0 N–H and O–H groups in total. The second kappa shape index (κ2) is 18.0. The van der Waals surface area contributed by atoms with Gasteiger partial charge in [0, 0.05) is 17.1 Å². The van der Waals surface area contributed by atoms with E-state index in [2.05, 4.69) is 301 Å². The van der Waals surface area contributed by atoms with Gasteiger partial charge >= 0.3 is 0 Å². The van der Waals surface area contributed by atoms with Crippen LogP contribution in [0.1, 0.15) is 162 Å². The minimum absolute atomic E-state index is 0.0209. The van der Waals surface area contributed by atoms with Crippen molar-refractivity contribution in [2.24, 2.45) is 0 Å². The quantitative estimate of drug-likeness (QED) is 0.147. The van der Waals surface area contributed by atoms with E-state index < -0.39 is 10.8 Å². The highest BCUT2D eigenvalue weighted by Gasteiger charge is 2.48. The molecular formula is C74H75N. The number of fused-ring (bicyclic) bond motifs is 6. The van der Waals surface area contributed by atoms with Crippen LogP contribution in [-0.4, -0.2) is 0 Å². The maximum atomic E-state index is 2.53. The fourth-order valence-corrected chi connectivity index (χ4v) is 12.6. The number of benzene rings is 9. The molecule has 9 aromatic rings. The van der Waals surface area contributed by atoms with Crippen LogP contribution >= 0.6 is 0 Å². The van der Waals surface area contributed by atoms with Crippen LogP contribution in [0.25, 0.3) is 22.3 Å². The number of aryl methyl sites for hydroxylation is 1. The lowest BCUT2D eigenvalue weighted by Gasteiger charge is -2.36. The second-order valence-electron chi connectivity index (χ2n) is 25.7. The summed E-state index contributed by atoms with van der Waals surface area (Å²) in [5, 5.41) is 0. The summed E-state index contributed by atoms with van der Waals surface area (Å²) in [5.41, 5.74) is 24.4. The van der Waals surface area contributed by atoms with E-state index in [1.807, 2.05) is 0 Å². The van der Waals surface area contributed by atoms with Crippen molar-refractivity contribution in [1.29, 1.82) is 0 Å². The molecule has 0 aliphatic heterocycles. The third kappa shape index (κ3) is 8.21. The van der Waals surface area contributed by atoms with E-state index in [-0.39, 0.29) is 21.7 Å². The minimum Gasteiger partial charge on any atom is -0.310 e. The van der Waals surface area contributed by atoms with Crippen LogP contribution in [0.15, 0.2) is 206 Å². The summed E-state index contributed by atoms with van der Waals surface area (Å²) in [7, 11) is 0. The predicted molar refractivity (Wildman–Crippen MR) is 320 cm³/mol. The first-order chi connectivity index (χ1) is 35.6. The average molecular weight is 978 g/mol. The largest absolute Gasteiger partial charge is 0.310 e. The van der Waals surface area contributed by atoms with Crippen molar-refractivity contribution in [3.05, 3.63) is 279 Å². The number of anilines is 3. The van der Waals surface area contributed by atoms with Crippen LogP contribution in [0.4, 0.5) is 17.1 Å². The molecule has 0 bridgehead atoms. The second-order valence-corrected chi connectivity index (χ2v) is 25.7. The molecule has 75 heavy (non-hydrogen) atoms. The Labute approximate surface area is 449 Å². The van der Waals surface area contributed by atoms with Gasteiger partial charge in [-0.25, -0.2) is 0 Å². The number of nitrogens with zero attached hydrogens (tertiary/aromatic N) is 1. The Morgan fingerprint density at radius 2 is 0.573 bits per heavy atom. The van der Waals surface area contributed by atoms with E-state index in [1.165, 1.54) is 94.6 Å². The molecule has 0 amide bonds. The van der Waals surface area contributed by atoms with Crippen molar-refractivity contribution in [3.63, 3.8) is 0 Å². The van der Waals surface area contributed by atoms with Crippen LogP contribution in [0, 0.1) is 0 Å². The summed E-state index contributed by atoms with van der Waals surface area (Å²) in [5.74, 6) is 0. The molecular weight excluding hydrogens is 903 g/mol. The molecule has 1 heteroatoms. The third-order valence-corrected chi connectivity index (χ3v) is 16.9. The zero-order valence-corrected chi connectivity index (χ0v) is 46.8. The highest BCUT2D eigenvalue weighted by Crippen LogP contribution is 2.60. The van der Waals surface area contributed by atoms with Gasteiger partial charge < -0.3 is 4.90 Å². The van der Waals surface area contributed by atoms with E-state index in [0.717, 1.165) is 23.5 Å². The van der Waals surface area contributed by atoms with Gasteiger partial charge in [0.1, 0.15) is 0 Å². The Bertz CT molecular complexity index is 3230. The van der Waals surface area contributed by atoms with Gasteiger partial charge in [0.05, 0.1) is 10.8 Å². The molecule has 1 nitrogen and oxygen atoms in total. The summed E-state index contributed by atoms with van der Waals surface area (Å²) in [6.07, 6.45) is 0.976. The summed E-state index contributed by atoms with van der Waals surface area (Å²) < 4.78 is 0. The monoisotopic (exact) mass is 978 g/mol. The molecule has 0 fully saturated rings. The zero-order chi connectivity index (χ0) is 52.9. The Morgan fingerprint density at radius 1 is 0.293 bits per heavy atom. The molecule has 9 aromatic carbocycles. The summed E-state index contributed by atoms with van der Waals surface area (Å²) >= 11 is 0. The van der Waals surface area contributed by atoms with Gasteiger partial charge in [0.25, 0.3) is 0 Å². The molecule has 2 aliphatic carbocycles. The first-order valence-corrected chi connectivity index (χ1v) is 27.5. The number of hydrogen-bond acceptors (Lipinski definition) is 1. The van der Waals surface area contributed by atoms with E-state index >= 15 is 0 Å². The molecule has 0 unspecified atom stereocenters. The van der Waals surface area contributed by atoms with Gasteiger partial charge in [-0.15, -0.1) is 0 Å². The number of hydrogen-bond donors (Lipinski definition) is 0. The van der Waals surface area contributed by atoms with Gasteiger partial charge in [-0.1, -0.05) is 260 Å². The first kappa shape index (κ1) is 50.0. The van der Waals surface area contributed by atoms with Gasteiger partial charge in [0.2, 0.25) is 0 Å². The fraction of sp³-hybridized carbons (Fsp3) is 0.270. The van der Waals surface area contributed by atoms with Gasteiger partial charge in [-0.3, -0.25) is 0 Å². The maximum Gasteiger partial charge on any atom is 0.0714 e. The van der Waals surface area contributed by atoms with Crippen LogP contribution in [0.3, 0.4) is 0 Å². The molecule has 0 atom stereocenters. The van der Waals surface area contributed by atoms with Crippen molar-refractivity contribution >= 4 is 17.1 Å². The van der Waals surface area contributed by atoms with Crippen molar-refractivity contribution in [2.75, 3.05) is 4.90 Å². The lowest BCUT2D eigenvalue weighted by molar-refractivity contribution is 0.588. The first-order valence-electron chi connectivity index (χ1n) is 27.5. The topological polar surface area (TPSA) is 3.24 Å². The summed E-state index contributed by atoms with van der Waals surface area (Å²) in [6, 6.07) is 80.5. The number of rotatable bonds is 8. The lowest BCUT2D eigenvalue weighted by Crippen LogP contribution is -2.29. The Morgan fingerprint density at radius 3 is 0.867 bits per heavy atom. The van der Waals surface area contributed by atoms with Gasteiger partial charge in [-0.2, -0.15) is 0 Å². The molecule has 0 radical (unpaired) electrons. The van der Waals surface area contributed by atoms with E-state index in [9.17, 15) is 0 Å². The average Bonchev–Trinajstić information content (AvgIpc) is 3.94. The molecule has 0 saturated heterocycles. The molecule has 0 heterocycles. The molecule has 0 spiro atoms. The van der Waals surface area contributed by atoms with Gasteiger partial charge in [-0.05, 0) is 159 Å². The highest BCUT2D eigenvalue weighted by atomic mass is 15.1. The highest BCUT2D eigenvalue weighted by molar-refractivity contribution is 5.92. The molecule has 0 aromatic heterocycles. The third-order valence-electron chi connectivity index (χ3n) is 16.9. The lowest BCUT2D eigenvalue weighted by atomic mass is 9.66. The maximum absolute atomic E-state index is 2.53. The van der Waals surface area contributed by atoms with Crippen molar-refractivity contribution in [2.45, 2.75) is 129 Å². The Kier molecular flexibility index (Phi) is 12.0. The molecule has 11 rings (SSSR count). The smallest absolute Gasteiger partial charge is 0.0714 e. The van der Waals surface area contributed by atoms with Gasteiger partial charge in [0.15, 0.2) is 0 Å². The fourth-order valence-electron chi connectivity index (χ4n) is 12.6. The van der Waals surface area contributed by atoms with Crippen molar-refractivity contribution in [3.8, 4) is 22.3 Å². The zero-order valence-electron chi connectivity index (χ0n) is 46.8. The van der Waals surface area contributed by atoms with Crippen LogP contribution in [0.2, 0.25) is 0 Å². The molecule has 376 valence electrons. The standard InChI is InChI=1S/C74H75N/c1-14-49-23-41-58(42-24-49)75(59-43-45-63-61-19-15-17-21-65(61)73(67(63)47-59,54-33-25-50(26-34-54)69(2,3)4)55-35-27-51(28-36-55)70(5,6)7)60-44-46-64-62-20-16-18-22-66(62)74(68(64)48-60,56-37-29-52(30-38-56)71(8,9)10)57-39-31-53(32-40-57)72(11,12)13/h15-48H,14H2,1-13H3. The van der Waals surface area contributed by atoms with E-state index in [0.29, 0.717) is 0 Å². The summed E-state index contributed by atoms with van der Waals surface area (Å²) in [4.78, 5) is 2.53. The van der Waals surface area contributed by atoms with Crippen LogP contribution in [0.5, 0.6) is 0 Å². The Hall–Kier alpha value is -7.22. The van der Waals surface area contributed by atoms with Crippen molar-refractivity contribution in [1.82, 2.24) is 0 Å². The predicted octanol–water partition coefficient (Wildman–Crippen LogP) is 19.6. The van der Waals surface area contributed by atoms with E-state index in [4.69, 9.17) is 0 Å². The van der Waals surface area contributed by atoms with E-state index in [1.54, 1.807) is 0 Å². The minimum atomic E-state index is -0.584. The van der Waals surface area contributed by atoms with Crippen LogP contribution < -0.4 is 4.90 Å². The molecule has 2 aliphatic rings. The van der Waals surface area contributed by atoms with Crippen molar-refractivity contribution < 1.29 is 0 Å². The molecule has 0 saturated carbocycles. The normalized spacial score (nSPS) is 14.5. The SMILES string of the molecule is CCc1ccc(N(c2ccc3c(c2)C(c2ccc(C(C)(C)C)cc2)(c2ccc(C(C)(C)C)cc2)c2ccccc2-3)c2ccc3c(c2)C(c2ccc(C(C)(C)C)cc2)(c2ccc(C(C)(C)C)cc2)c2ccccc2-3)cc1.